The monoisotopic (exact) mass is 244 g/mol. The zero-order chi connectivity index (χ0) is 13.0. The van der Waals surface area contributed by atoms with Gasteiger partial charge in [-0.1, -0.05) is 0 Å². The van der Waals surface area contributed by atoms with Crippen LogP contribution in [0.4, 0.5) is 0 Å². The van der Waals surface area contributed by atoms with Gasteiger partial charge in [0.1, 0.15) is 6.04 Å². The molecule has 8 heteroatoms. The van der Waals surface area contributed by atoms with E-state index >= 15 is 0 Å². The first-order chi connectivity index (χ1) is 7.91. The average molecular weight is 244 g/mol. The molecule has 0 bridgehead atoms. The largest absolute Gasteiger partial charge is 0.481 e. The Balaban J connectivity index is 2.45. The highest BCUT2D eigenvalue weighted by Crippen LogP contribution is 2.13. The number of hydroxylamine groups is 2. The highest BCUT2D eigenvalue weighted by molar-refractivity contribution is 6.01. The fraction of sp³-hybridized carbons (Fsp3) is 0.556. The van der Waals surface area contributed by atoms with Crippen molar-refractivity contribution in [2.45, 2.75) is 31.7 Å². The Morgan fingerprint density at radius 3 is 2.35 bits per heavy atom. The maximum Gasteiger partial charge on any atom is 0.349 e. The van der Waals surface area contributed by atoms with Crippen LogP contribution in [-0.2, 0) is 24.0 Å². The van der Waals surface area contributed by atoms with Crippen LogP contribution in [0.15, 0.2) is 0 Å². The third kappa shape index (κ3) is 3.52. The number of nitrogens with zero attached hydrogens (tertiary/aromatic N) is 1. The summed E-state index contributed by atoms with van der Waals surface area (Å²) in [6.07, 6.45) is -0.421. The summed E-state index contributed by atoms with van der Waals surface area (Å²) in [6, 6.07) is -1.17. The number of amides is 2. The summed E-state index contributed by atoms with van der Waals surface area (Å²) >= 11 is 0. The number of hydrogen-bond acceptors (Lipinski definition) is 6. The molecule has 17 heavy (non-hydrogen) atoms. The molecular formula is C9H12N2O6. The van der Waals surface area contributed by atoms with E-state index in [1.54, 1.807) is 0 Å². The van der Waals surface area contributed by atoms with Crippen molar-refractivity contribution in [3.8, 4) is 0 Å². The summed E-state index contributed by atoms with van der Waals surface area (Å²) in [4.78, 5) is 48.3. The van der Waals surface area contributed by atoms with E-state index in [1.807, 2.05) is 0 Å². The number of carboxylic acids is 1. The molecule has 1 heterocycles. The third-order valence-corrected chi connectivity index (χ3v) is 2.16. The van der Waals surface area contributed by atoms with Crippen molar-refractivity contribution in [1.29, 1.82) is 0 Å². The van der Waals surface area contributed by atoms with Crippen LogP contribution in [0, 0.1) is 0 Å². The molecule has 1 fully saturated rings. The van der Waals surface area contributed by atoms with E-state index in [0.717, 1.165) is 0 Å². The predicted octanol–water partition coefficient (Wildman–Crippen LogP) is -1.21. The summed E-state index contributed by atoms with van der Waals surface area (Å²) < 4.78 is 0. The first-order valence-electron chi connectivity index (χ1n) is 4.96. The van der Waals surface area contributed by atoms with Gasteiger partial charge in [-0.2, -0.15) is 0 Å². The van der Waals surface area contributed by atoms with E-state index in [2.05, 4.69) is 4.84 Å². The maximum absolute atomic E-state index is 11.3. The van der Waals surface area contributed by atoms with E-state index < -0.39 is 29.8 Å². The van der Waals surface area contributed by atoms with Gasteiger partial charge in [0.25, 0.3) is 11.8 Å². The van der Waals surface area contributed by atoms with Crippen LogP contribution in [-0.4, -0.2) is 40.0 Å². The molecule has 1 rings (SSSR count). The highest BCUT2D eigenvalue weighted by Gasteiger charge is 2.34. The Hall–Kier alpha value is -1.96. The summed E-state index contributed by atoms with van der Waals surface area (Å²) in [5.41, 5.74) is 5.35. The van der Waals surface area contributed by atoms with Gasteiger partial charge in [-0.15, -0.1) is 5.06 Å². The van der Waals surface area contributed by atoms with Crippen molar-refractivity contribution in [3.63, 3.8) is 0 Å². The van der Waals surface area contributed by atoms with Gasteiger partial charge in [0.2, 0.25) is 0 Å². The van der Waals surface area contributed by atoms with Gasteiger partial charge < -0.3 is 15.7 Å². The van der Waals surface area contributed by atoms with Crippen molar-refractivity contribution in [2.24, 2.45) is 5.73 Å². The molecule has 1 atom stereocenters. The van der Waals surface area contributed by atoms with Gasteiger partial charge in [-0.05, 0) is 6.42 Å². The van der Waals surface area contributed by atoms with Gasteiger partial charge in [0, 0.05) is 19.3 Å². The molecule has 2 amide bonds. The Kier molecular flexibility index (Phi) is 4.16. The number of nitrogens with two attached hydrogens (primary N) is 1. The van der Waals surface area contributed by atoms with Gasteiger partial charge in [-0.3, -0.25) is 14.4 Å². The predicted molar refractivity (Wildman–Crippen MR) is 52.0 cm³/mol. The quantitative estimate of drug-likeness (QED) is 0.580. The molecule has 1 saturated heterocycles. The van der Waals surface area contributed by atoms with E-state index in [4.69, 9.17) is 10.8 Å². The minimum atomic E-state index is -1.17. The molecule has 3 N–H and O–H groups in total. The van der Waals surface area contributed by atoms with E-state index in [9.17, 15) is 19.2 Å². The second kappa shape index (κ2) is 5.39. The van der Waals surface area contributed by atoms with Crippen LogP contribution in [0.1, 0.15) is 25.7 Å². The van der Waals surface area contributed by atoms with Crippen LogP contribution in [0.25, 0.3) is 0 Å². The fourth-order valence-electron chi connectivity index (χ4n) is 1.21. The van der Waals surface area contributed by atoms with Crippen molar-refractivity contribution in [1.82, 2.24) is 5.06 Å². The van der Waals surface area contributed by atoms with Gasteiger partial charge in [0.15, 0.2) is 0 Å². The Morgan fingerprint density at radius 1 is 1.35 bits per heavy atom. The summed E-state index contributed by atoms with van der Waals surface area (Å²) in [5, 5.41) is 8.76. The van der Waals surface area contributed by atoms with Crippen LogP contribution >= 0.6 is 0 Å². The van der Waals surface area contributed by atoms with Crippen LogP contribution in [0.5, 0.6) is 0 Å². The van der Waals surface area contributed by atoms with Gasteiger partial charge >= 0.3 is 11.9 Å². The van der Waals surface area contributed by atoms with Crippen molar-refractivity contribution < 1.29 is 29.1 Å². The highest BCUT2D eigenvalue weighted by atomic mass is 16.7. The molecule has 0 aromatic carbocycles. The first-order valence-corrected chi connectivity index (χ1v) is 4.96. The zero-order valence-electron chi connectivity index (χ0n) is 8.92. The number of carbonyl (C=O) groups excluding carboxylic acids is 3. The summed E-state index contributed by atoms with van der Waals surface area (Å²) in [7, 11) is 0. The summed E-state index contributed by atoms with van der Waals surface area (Å²) in [6.45, 7) is 0. The molecule has 0 spiro atoms. The second-order valence-electron chi connectivity index (χ2n) is 3.53. The van der Waals surface area contributed by atoms with E-state index in [0.29, 0.717) is 5.06 Å². The Labute approximate surface area is 96.3 Å². The number of aliphatic carboxylic acids is 1. The molecule has 1 unspecified atom stereocenters. The third-order valence-electron chi connectivity index (χ3n) is 2.16. The lowest BCUT2D eigenvalue weighted by atomic mass is 10.2. The minimum Gasteiger partial charge on any atom is -0.481 e. The number of carbonyl (C=O) groups is 4. The molecule has 94 valence electrons. The molecule has 0 radical (unpaired) electrons. The maximum atomic E-state index is 11.3. The lowest BCUT2D eigenvalue weighted by Gasteiger charge is -2.15. The number of rotatable bonds is 5. The van der Waals surface area contributed by atoms with E-state index in [-0.39, 0.29) is 25.7 Å². The molecule has 8 nitrogen and oxygen atoms in total. The first kappa shape index (κ1) is 13.1. The standard InChI is InChI=1S/C9H12N2O6/c10-5(1-4-8(14)15)9(16)17-11-6(12)2-3-7(11)13/h5H,1-4,10H2,(H,14,15). The molecule has 0 saturated carbocycles. The number of hydrogen-bond donors (Lipinski definition) is 2. The SMILES string of the molecule is NC(CCC(=O)O)C(=O)ON1C(=O)CCC1=O. The molecule has 1 aliphatic rings. The van der Waals surface area contributed by atoms with Crippen LogP contribution in [0.3, 0.4) is 0 Å². The topological polar surface area (TPSA) is 127 Å². The van der Waals surface area contributed by atoms with Crippen molar-refractivity contribution in [3.05, 3.63) is 0 Å². The second-order valence-corrected chi connectivity index (χ2v) is 3.53. The van der Waals surface area contributed by atoms with Gasteiger partial charge in [-0.25, -0.2) is 4.79 Å². The zero-order valence-corrected chi connectivity index (χ0v) is 8.92. The Morgan fingerprint density at radius 2 is 1.88 bits per heavy atom. The molecule has 0 aromatic rings. The van der Waals surface area contributed by atoms with Gasteiger partial charge in [0.05, 0.1) is 0 Å². The average Bonchev–Trinajstić information content (AvgIpc) is 2.57. The lowest BCUT2D eigenvalue weighted by molar-refractivity contribution is -0.198. The number of imide groups is 1. The fourth-order valence-corrected chi connectivity index (χ4v) is 1.21. The normalized spacial score (nSPS) is 17.1. The molecule has 1 aliphatic heterocycles. The van der Waals surface area contributed by atoms with E-state index in [1.165, 1.54) is 0 Å². The lowest BCUT2D eigenvalue weighted by Crippen LogP contribution is -2.40. The van der Waals surface area contributed by atoms with Crippen molar-refractivity contribution >= 4 is 23.8 Å². The number of carboxylic acid groups (broad SMARTS) is 1. The summed E-state index contributed by atoms with van der Waals surface area (Å²) in [5.74, 6) is -3.29. The van der Waals surface area contributed by atoms with Crippen LogP contribution < -0.4 is 5.73 Å². The van der Waals surface area contributed by atoms with Crippen molar-refractivity contribution in [2.75, 3.05) is 0 Å². The molecule has 0 aromatic heterocycles. The smallest absolute Gasteiger partial charge is 0.349 e. The Bertz CT molecular complexity index is 350. The van der Waals surface area contributed by atoms with Crippen LogP contribution in [0.2, 0.25) is 0 Å². The molecular weight excluding hydrogens is 232 g/mol. The molecule has 0 aliphatic carbocycles. The minimum absolute atomic E-state index is 0.00349.